The largest absolute Gasteiger partial charge is 0.357 e. The van der Waals surface area contributed by atoms with Gasteiger partial charge in [0.15, 0.2) is 5.96 Å². The Labute approximate surface area is 196 Å². The Bertz CT molecular complexity index is 878. The summed E-state index contributed by atoms with van der Waals surface area (Å²) in [5.74, 6) is 1.47. The molecule has 1 saturated carbocycles. The van der Waals surface area contributed by atoms with Crippen LogP contribution in [0.15, 0.2) is 47.5 Å². The van der Waals surface area contributed by atoms with Gasteiger partial charge in [-0.2, -0.15) is 0 Å². The average molecular weight is 520 g/mol. The molecule has 0 bridgehead atoms. The van der Waals surface area contributed by atoms with E-state index in [4.69, 9.17) is 4.99 Å². The third-order valence-electron chi connectivity index (χ3n) is 6.12. The molecule has 2 N–H and O–H groups in total. The van der Waals surface area contributed by atoms with Crippen molar-refractivity contribution in [3.63, 3.8) is 0 Å². The number of nitrogens with zero attached hydrogens (tertiary/aromatic N) is 2. The molecule has 2 fully saturated rings. The van der Waals surface area contributed by atoms with Gasteiger partial charge in [0, 0.05) is 31.6 Å². The van der Waals surface area contributed by atoms with Gasteiger partial charge in [-0.1, -0.05) is 49.2 Å². The van der Waals surface area contributed by atoms with Gasteiger partial charge in [-0.05, 0) is 48.6 Å². The fraction of sp³-hybridized carbons (Fsp3) is 0.500. The molecule has 2 aromatic carbocycles. The van der Waals surface area contributed by atoms with E-state index in [1.807, 2.05) is 0 Å². The number of nitrogens with one attached hydrogen (secondary N) is 2. The van der Waals surface area contributed by atoms with Crippen molar-refractivity contribution in [3.8, 4) is 0 Å². The lowest BCUT2D eigenvalue weighted by Gasteiger charge is -2.21. The van der Waals surface area contributed by atoms with Crippen LogP contribution in [0.5, 0.6) is 0 Å². The Hall–Kier alpha value is -1.83. The SMILES string of the molecule is CCNC(=NCc1ccc2ccccc2c1)NC1CCN(C(=O)C2CCCC2)C1.I. The number of carbonyl (C=O) groups excluding carboxylic acids is 1. The van der Waals surface area contributed by atoms with Crippen molar-refractivity contribution in [1.82, 2.24) is 15.5 Å². The summed E-state index contributed by atoms with van der Waals surface area (Å²) in [4.78, 5) is 19.5. The number of benzene rings is 2. The quantitative estimate of drug-likeness (QED) is 0.351. The zero-order valence-corrected chi connectivity index (χ0v) is 20.1. The Morgan fingerprint density at radius 2 is 1.87 bits per heavy atom. The van der Waals surface area contributed by atoms with Gasteiger partial charge in [-0.25, -0.2) is 4.99 Å². The molecule has 4 rings (SSSR count). The minimum atomic E-state index is 0. The van der Waals surface area contributed by atoms with Crippen LogP contribution >= 0.6 is 24.0 Å². The van der Waals surface area contributed by atoms with Gasteiger partial charge in [0.1, 0.15) is 0 Å². The maximum absolute atomic E-state index is 12.7. The molecule has 1 unspecified atom stereocenters. The van der Waals surface area contributed by atoms with E-state index < -0.39 is 0 Å². The highest BCUT2D eigenvalue weighted by Gasteiger charge is 2.32. The summed E-state index contributed by atoms with van der Waals surface area (Å²) < 4.78 is 0. The smallest absolute Gasteiger partial charge is 0.225 e. The fourth-order valence-electron chi connectivity index (χ4n) is 4.53. The first-order chi connectivity index (χ1) is 14.2. The molecule has 5 nitrogen and oxygen atoms in total. The highest BCUT2D eigenvalue weighted by atomic mass is 127. The molecule has 30 heavy (non-hydrogen) atoms. The number of hydrogen-bond donors (Lipinski definition) is 2. The van der Waals surface area contributed by atoms with Gasteiger partial charge >= 0.3 is 0 Å². The molecule has 1 atom stereocenters. The van der Waals surface area contributed by atoms with Crippen molar-refractivity contribution in [3.05, 3.63) is 48.0 Å². The van der Waals surface area contributed by atoms with Crippen LogP contribution in [-0.4, -0.2) is 42.4 Å². The molecule has 0 radical (unpaired) electrons. The van der Waals surface area contributed by atoms with Crippen LogP contribution < -0.4 is 10.6 Å². The topological polar surface area (TPSA) is 56.7 Å². The van der Waals surface area contributed by atoms with Crippen LogP contribution in [0.2, 0.25) is 0 Å². The summed E-state index contributed by atoms with van der Waals surface area (Å²) in [5, 5.41) is 9.39. The number of carbonyl (C=O) groups is 1. The second kappa shape index (κ2) is 11.0. The highest BCUT2D eigenvalue weighted by Crippen LogP contribution is 2.27. The van der Waals surface area contributed by atoms with Crippen molar-refractivity contribution in [1.29, 1.82) is 0 Å². The van der Waals surface area contributed by atoms with Crippen molar-refractivity contribution < 1.29 is 4.79 Å². The number of rotatable bonds is 5. The number of likely N-dealkylation sites (tertiary alicyclic amines) is 1. The fourth-order valence-corrected chi connectivity index (χ4v) is 4.53. The first kappa shape index (κ1) is 22.8. The Morgan fingerprint density at radius 3 is 2.63 bits per heavy atom. The van der Waals surface area contributed by atoms with Crippen LogP contribution in [-0.2, 0) is 11.3 Å². The molecule has 2 aromatic rings. The number of fused-ring (bicyclic) bond motifs is 1. The van der Waals surface area contributed by atoms with E-state index >= 15 is 0 Å². The molecule has 0 spiro atoms. The number of halogens is 1. The van der Waals surface area contributed by atoms with Crippen LogP contribution in [0.4, 0.5) is 0 Å². The Morgan fingerprint density at radius 1 is 1.10 bits per heavy atom. The van der Waals surface area contributed by atoms with Crippen LogP contribution in [0.3, 0.4) is 0 Å². The number of guanidine groups is 1. The van der Waals surface area contributed by atoms with Crippen LogP contribution in [0.25, 0.3) is 10.8 Å². The molecular weight excluding hydrogens is 487 g/mol. The average Bonchev–Trinajstić information content (AvgIpc) is 3.44. The van der Waals surface area contributed by atoms with Crippen molar-refractivity contribution >= 4 is 46.6 Å². The number of aliphatic imine (C=N–C) groups is 1. The molecule has 0 aromatic heterocycles. The Balaban J connectivity index is 0.00000256. The molecule has 1 saturated heterocycles. The van der Waals surface area contributed by atoms with Gasteiger partial charge in [-0.3, -0.25) is 4.79 Å². The summed E-state index contributed by atoms with van der Waals surface area (Å²) in [7, 11) is 0. The third kappa shape index (κ3) is 5.65. The zero-order chi connectivity index (χ0) is 20.1. The molecule has 1 aliphatic carbocycles. The summed E-state index contributed by atoms with van der Waals surface area (Å²) in [6.07, 6.45) is 5.54. The van der Waals surface area contributed by atoms with E-state index in [9.17, 15) is 4.79 Å². The minimum absolute atomic E-state index is 0. The maximum Gasteiger partial charge on any atom is 0.225 e. The number of amides is 1. The van der Waals surface area contributed by atoms with Gasteiger partial charge in [-0.15, -0.1) is 24.0 Å². The van der Waals surface area contributed by atoms with E-state index in [-0.39, 0.29) is 35.9 Å². The van der Waals surface area contributed by atoms with Crippen molar-refractivity contribution in [2.75, 3.05) is 19.6 Å². The monoisotopic (exact) mass is 520 g/mol. The summed E-state index contributed by atoms with van der Waals surface area (Å²) in [6, 6.07) is 15.2. The predicted octanol–water partition coefficient (Wildman–Crippen LogP) is 4.30. The zero-order valence-electron chi connectivity index (χ0n) is 17.8. The maximum atomic E-state index is 12.7. The summed E-state index contributed by atoms with van der Waals surface area (Å²) >= 11 is 0. The third-order valence-corrected chi connectivity index (χ3v) is 6.12. The molecule has 1 heterocycles. The van der Waals surface area contributed by atoms with Crippen LogP contribution in [0.1, 0.15) is 44.6 Å². The number of hydrogen-bond acceptors (Lipinski definition) is 2. The minimum Gasteiger partial charge on any atom is -0.357 e. The predicted molar refractivity (Wildman–Crippen MR) is 134 cm³/mol. The van der Waals surface area contributed by atoms with Gasteiger partial charge < -0.3 is 15.5 Å². The molecule has 162 valence electrons. The Kier molecular flexibility index (Phi) is 8.36. The molecular formula is C24H33IN4O. The highest BCUT2D eigenvalue weighted by molar-refractivity contribution is 14.0. The molecule has 1 amide bonds. The van der Waals surface area contributed by atoms with Crippen molar-refractivity contribution in [2.45, 2.75) is 51.6 Å². The van der Waals surface area contributed by atoms with Gasteiger partial charge in [0.2, 0.25) is 5.91 Å². The van der Waals surface area contributed by atoms with Gasteiger partial charge in [0.25, 0.3) is 0 Å². The second-order valence-corrected chi connectivity index (χ2v) is 8.27. The molecule has 2 aliphatic rings. The lowest BCUT2D eigenvalue weighted by Crippen LogP contribution is -2.45. The van der Waals surface area contributed by atoms with E-state index in [0.29, 0.717) is 12.5 Å². The first-order valence-electron chi connectivity index (χ1n) is 11.0. The molecule has 1 aliphatic heterocycles. The van der Waals surface area contributed by atoms with E-state index in [1.54, 1.807) is 0 Å². The van der Waals surface area contributed by atoms with Crippen LogP contribution in [0, 0.1) is 5.92 Å². The normalized spacial score (nSPS) is 19.7. The molecule has 6 heteroatoms. The van der Waals surface area contributed by atoms with E-state index in [0.717, 1.165) is 44.9 Å². The lowest BCUT2D eigenvalue weighted by molar-refractivity contribution is -0.134. The van der Waals surface area contributed by atoms with Gasteiger partial charge in [0.05, 0.1) is 6.54 Å². The van der Waals surface area contributed by atoms with Crippen molar-refractivity contribution in [2.24, 2.45) is 10.9 Å². The second-order valence-electron chi connectivity index (χ2n) is 8.27. The van der Waals surface area contributed by atoms with E-state index in [2.05, 4.69) is 64.9 Å². The standard InChI is InChI=1S/C24H32N4O.HI/c1-2-25-24(26-16-18-11-12-19-7-3-6-10-21(19)15-18)27-22-13-14-28(17-22)23(29)20-8-4-5-9-20;/h3,6-7,10-12,15,20,22H,2,4-5,8-9,13-14,16-17H2,1H3,(H2,25,26,27);1H. The lowest BCUT2D eigenvalue weighted by atomic mass is 10.1. The summed E-state index contributed by atoms with van der Waals surface area (Å²) in [5.41, 5.74) is 1.20. The first-order valence-corrected chi connectivity index (χ1v) is 11.0. The van der Waals surface area contributed by atoms with E-state index in [1.165, 1.54) is 29.2 Å². The summed E-state index contributed by atoms with van der Waals surface area (Å²) in [6.45, 7) is 5.18.